The van der Waals surface area contributed by atoms with Crippen molar-refractivity contribution in [1.29, 1.82) is 0 Å². The van der Waals surface area contributed by atoms with E-state index in [2.05, 4.69) is 4.90 Å². The number of nitro benzene ring substituents is 1. The van der Waals surface area contributed by atoms with Gasteiger partial charge >= 0.3 is 0 Å². The Morgan fingerprint density at radius 3 is 2.74 bits per heavy atom. The maximum absolute atomic E-state index is 11.1. The molecule has 1 saturated heterocycles. The second-order valence-corrected chi connectivity index (χ2v) is 4.98. The Kier molecular flexibility index (Phi) is 3.80. The third kappa shape index (κ3) is 2.73. The van der Waals surface area contributed by atoms with Crippen molar-refractivity contribution in [3.8, 4) is 0 Å². The summed E-state index contributed by atoms with van der Waals surface area (Å²) in [6, 6.07) is 5.04. The highest BCUT2D eigenvalue weighted by Crippen LogP contribution is 2.31. The molecule has 6 heteroatoms. The minimum atomic E-state index is -0.425. The number of carbonyl (C=O) groups is 1. The maximum atomic E-state index is 11.1. The predicted octanol–water partition coefficient (Wildman–Crippen LogP) is 1.55. The summed E-state index contributed by atoms with van der Waals surface area (Å²) in [5.41, 5.74) is 0.933. The van der Waals surface area contributed by atoms with Gasteiger partial charge in [-0.2, -0.15) is 0 Å². The van der Waals surface area contributed by atoms with Crippen molar-refractivity contribution in [2.75, 3.05) is 32.1 Å². The molecule has 0 spiro atoms. The zero-order chi connectivity index (χ0) is 14.0. The van der Waals surface area contributed by atoms with E-state index in [1.165, 1.54) is 6.07 Å². The second-order valence-electron chi connectivity index (χ2n) is 4.98. The van der Waals surface area contributed by atoms with Crippen LogP contribution in [0.25, 0.3) is 0 Å². The lowest BCUT2D eigenvalue weighted by Crippen LogP contribution is -2.31. The molecule has 1 aliphatic rings. The number of anilines is 1. The maximum Gasteiger partial charge on any atom is 0.293 e. The van der Waals surface area contributed by atoms with Crippen LogP contribution in [0.1, 0.15) is 16.8 Å². The molecule has 0 N–H and O–H groups in total. The number of carbonyl (C=O) groups excluding carboxylic acids is 1. The van der Waals surface area contributed by atoms with Gasteiger partial charge in [0.1, 0.15) is 12.0 Å². The Balaban J connectivity index is 2.30. The fourth-order valence-corrected chi connectivity index (χ4v) is 2.41. The number of hydrogen-bond acceptors (Lipinski definition) is 5. The summed E-state index contributed by atoms with van der Waals surface area (Å²) in [4.78, 5) is 25.5. The highest BCUT2D eigenvalue weighted by molar-refractivity contribution is 5.79. The van der Waals surface area contributed by atoms with E-state index in [4.69, 9.17) is 0 Å². The molecule has 19 heavy (non-hydrogen) atoms. The fraction of sp³-hybridized carbons (Fsp3) is 0.462. The molecule has 2 rings (SSSR count). The molecule has 1 atom stereocenters. The molecule has 1 unspecified atom stereocenters. The van der Waals surface area contributed by atoms with Crippen molar-refractivity contribution in [2.45, 2.75) is 12.5 Å². The van der Waals surface area contributed by atoms with Gasteiger partial charge in [0.2, 0.25) is 0 Å². The van der Waals surface area contributed by atoms with Crippen LogP contribution in [-0.4, -0.2) is 49.3 Å². The van der Waals surface area contributed by atoms with Gasteiger partial charge in [-0.1, -0.05) is 0 Å². The van der Waals surface area contributed by atoms with Gasteiger partial charge in [0.15, 0.2) is 0 Å². The summed E-state index contributed by atoms with van der Waals surface area (Å²) in [7, 11) is 4.02. The Hall–Kier alpha value is -1.95. The van der Waals surface area contributed by atoms with E-state index >= 15 is 0 Å². The number of nitro groups is 1. The van der Waals surface area contributed by atoms with Crippen molar-refractivity contribution < 1.29 is 9.72 Å². The van der Waals surface area contributed by atoms with Crippen LogP contribution in [0.2, 0.25) is 0 Å². The molecule has 1 fully saturated rings. The minimum absolute atomic E-state index is 0.00371. The van der Waals surface area contributed by atoms with Crippen molar-refractivity contribution in [3.63, 3.8) is 0 Å². The zero-order valence-corrected chi connectivity index (χ0v) is 11.1. The van der Waals surface area contributed by atoms with Gasteiger partial charge in [-0.3, -0.25) is 14.9 Å². The first kappa shape index (κ1) is 13.5. The van der Waals surface area contributed by atoms with Gasteiger partial charge in [-0.15, -0.1) is 0 Å². The van der Waals surface area contributed by atoms with Gasteiger partial charge in [-0.25, -0.2) is 0 Å². The second kappa shape index (κ2) is 5.36. The fourth-order valence-electron chi connectivity index (χ4n) is 2.41. The molecule has 1 aromatic rings. The van der Waals surface area contributed by atoms with E-state index < -0.39 is 4.92 Å². The molecule has 1 aromatic carbocycles. The molecule has 0 bridgehead atoms. The van der Waals surface area contributed by atoms with Gasteiger partial charge in [0, 0.05) is 30.8 Å². The highest BCUT2D eigenvalue weighted by Gasteiger charge is 2.28. The topological polar surface area (TPSA) is 66.7 Å². The molecule has 102 valence electrons. The molecule has 0 radical (unpaired) electrons. The highest BCUT2D eigenvalue weighted by atomic mass is 16.6. The van der Waals surface area contributed by atoms with E-state index in [0.717, 1.165) is 19.5 Å². The number of likely N-dealkylation sites (N-methyl/N-ethyl adjacent to an activating group) is 1. The van der Waals surface area contributed by atoms with Crippen molar-refractivity contribution in [1.82, 2.24) is 4.90 Å². The number of aldehydes is 1. The van der Waals surface area contributed by atoms with Crippen LogP contribution < -0.4 is 4.90 Å². The van der Waals surface area contributed by atoms with Crippen molar-refractivity contribution in [2.24, 2.45) is 0 Å². The van der Waals surface area contributed by atoms with E-state index in [-0.39, 0.29) is 5.69 Å². The van der Waals surface area contributed by atoms with Gasteiger partial charge in [0.25, 0.3) is 5.69 Å². The summed E-state index contributed by atoms with van der Waals surface area (Å²) in [5, 5.41) is 11.1. The summed E-state index contributed by atoms with van der Waals surface area (Å²) in [6.07, 6.45) is 1.61. The quantitative estimate of drug-likeness (QED) is 0.468. The van der Waals surface area contributed by atoms with Crippen LogP contribution in [-0.2, 0) is 0 Å². The summed E-state index contributed by atoms with van der Waals surface area (Å²) in [5.74, 6) is 0. The normalized spacial score (nSPS) is 18.9. The molecular formula is C13H17N3O3. The smallest absolute Gasteiger partial charge is 0.293 e. The van der Waals surface area contributed by atoms with Gasteiger partial charge in [0.05, 0.1) is 4.92 Å². The van der Waals surface area contributed by atoms with Gasteiger partial charge < -0.3 is 9.80 Å². The lowest BCUT2D eigenvalue weighted by molar-refractivity contribution is -0.384. The summed E-state index contributed by atoms with van der Waals surface area (Å²) < 4.78 is 0. The lowest BCUT2D eigenvalue weighted by Gasteiger charge is -2.21. The minimum Gasteiger partial charge on any atom is -0.364 e. The van der Waals surface area contributed by atoms with E-state index in [9.17, 15) is 14.9 Å². The first-order chi connectivity index (χ1) is 9.02. The average Bonchev–Trinajstić information content (AvgIpc) is 2.87. The molecule has 0 aliphatic carbocycles. The molecule has 6 nitrogen and oxygen atoms in total. The number of nitrogens with zero attached hydrogens (tertiary/aromatic N) is 3. The third-order valence-corrected chi connectivity index (χ3v) is 3.57. The molecule has 0 amide bonds. The number of hydrogen-bond donors (Lipinski definition) is 0. The molecule has 0 aromatic heterocycles. The van der Waals surface area contributed by atoms with Gasteiger partial charge in [-0.05, 0) is 32.6 Å². The largest absolute Gasteiger partial charge is 0.364 e. The average molecular weight is 263 g/mol. The van der Waals surface area contributed by atoms with Crippen LogP contribution in [0.5, 0.6) is 0 Å². The SMILES string of the molecule is CN(C)C1CCN(c2ccc(C=O)cc2[N+](=O)[O-])C1. The van der Waals surface area contributed by atoms with Crippen LogP contribution in [0.4, 0.5) is 11.4 Å². The van der Waals surface area contributed by atoms with Crippen LogP contribution in [0, 0.1) is 10.1 Å². The summed E-state index contributed by atoms with van der Waals surface area (Å²) >= 11 is 0. The van der Waals surface area contributed by atoms with E-state index in [1.54, 1.807) is 12.1 Å². The Morgan fingerprint density at radius 2 is 2.21 bits per heavy atom. The number of benzene rings is 1. The summed E-state index contributed by atoms with van der Waals surface area (Å²) in [6.45, 7) is 1.57. The predicted molar refractivity (Wildman–Crippen MR) is 72.8 cm³/mol. The first-order valence-corrected chi connectivity index (χ1v) is 6.18. The number of rotatable bonds is 4. The Labute approximate surface area is 111 Å². The van der Waals surface area contributed by atoms with Crippen molar-refractivity contribution in [3.05, 3.63) is 33.9 Å². The molecule has 1 aliphatic heterocycles. The lowest BCUT2D eigenvalue weighted by atomic mass is 10.1. The third-order valence-electron chi connectivity index (χ3n) is 3.57. The molecule has 1 heterocycles. The molecular weight excluding hydrogens is 246 g/mol. The Bertz CT molecular complexity index is 502. The zero-order valence-electron chi connectivity index (χ0n) is 11.1. The standard InChI is InChI=1S/C13H17N3O3/c1-14(2)11-5-6-15(8-11)12-4-3-10(9-17)7-13(12)16(18)19/h3-4,7,9,11H,5-6,8H2,1-2H3. The van der Waals surface area contributed by atoms with E-state index in [1.807, 2.05) is 19.0 Å². The first-order valence-electron chi connectivity index (χ1n) is 6.18. The van der Waals surface area contributed by atoms with E-state index in [0.29, 0.717) is 23.6 Å². The monoisotopic (exact) mass is 263 g/mol. The van der Waals surface area contributed by atoms with Crippen LogP contribution >= 0.6 is 0 Å². The van der Waals surface area contributed by atoms with Crippen LogP contribution in [0.15, 0.2) is 18.2 Å². The van der Waals surface area contributed by atoms with Crippen molar-refractivity contribution >= 4 is 17.7 Å². The molecule has 0 saturated carbocycles. The van der Waals surface area contributed by atoms with Crippen LogP contribution in [0.3, 0.4) is 0 Å². The Morgan fingerprint density at radius 1 is 1.47 bits per heavy atom.